The van der Waals surface area contributed by atoms with Crippen molar-refractivity contribution in [3.63, 3.8) is 0 Å². The fourth-order valence-electron chi connectivity index (χ4n) is 3.42. The molecule has 0 unspecified atom stereocenters. The number of nitrogens with one attached hydrogen (secondary N) is 1. The molecule has 0 radical (unpaired) electrons. The van der Waals surface area contributed by atoms with Gasteiger partial charge >= 0.3 is 0 Å². The number of carbonyl (C=O) groups excluding carboxylic acids is 2. The smallest absolute Gasteiger partial charge is 0.255 e. The topological polar surface area (TPSA) is 49.4 Å². The molecule has 0 saturated carbocycles. The number of nitrogens with zero attached hydrogens (tertiary/aromatic N) is 1. The second-order valence-corrected chi connectivity index (χ2v) is 6.96. The van der Waals surface area contributed by atoms with E-state index in [2.05, 4.69) is 5.32 Å². The Morgan fingerprint density at radius 3 is 2.35 bits per heavy atom. The number of anilines is 1. The summed E-state index contributed by atoms with van der Waals surface area (Å²) in [4.78, 5) is 27.2. The quantitative estimate of drug-likeness (QED) is 0.866. The minimum Gasteiger partial charge on any atom is -0.339 e. The van der Waals surface area contributed by atoms with Gasteiger partial charge in [-0.2, -0.15) is 0 Å². The van der Waals surface area contributed by atoms with Crippen LogP contribution in [-0.2, 0) is 4.79 Å². The largest absolute Gasteiger partial charge is 0.339 e. The summed E-state index contributed by atoms with van der Waals surface area (Å²) in [6.45, 7) is 3.64. The first-order valence-corrected chi connectivity index (χ1v) is 9.38. The Morgan fingerprint density at radius 1 is 0.962 bits per heavy atom. The van der Waals surface area contributed by atoms with Crippen molar-refractivity contribution in [2.24, 2.45) is 0 Å². The number of amides is 2. The zero-order valence-corrected chi connectivity index (χ0v) is 15.3. The molecule has 1 heterocycles. The molecule has 2 aromatic rings. The number of benzene rings is 2. The van der Waals surface area contributed by atoms with Gasteiger partial charge in [0.2, 0.25) is 5.91 Å². The van der Waals surface area contributed by atoms with Gasteiger partial charge in [0.1, 0.15) is 0 Å². The molecular formula is C22H26N2O2. The number of carbonyl (C=O) groups is 2. The molecule has 0 spiro atoms. The third kappa shape index (κ3) is 4.51. The van der Waals surface area contributed by atoms with Crippen LogP contribution in [0.25, 0.3) is 0 Å². The molecule has 1 atom stereocenters. The van der Waals surface area contributed by atoms with Gasteiger partial charge in [0.25, 0.3) is 5.91 Å². The van der Waals surface area contributed by atoms with E-state index < -0.39 is 0 Å². The summed E-state index contributed by atoms with van der Waals surface area (Å²) >= 11 is 0. The van der Waals surface area contributed by atoms with Gasteiger partial charge < -0.3 is 10.2 Å². The Balaban J connectivity index is 1.67. The lowest BCUT2D eigenvalue weighted by atomic mass is 9.97. The Bertz CT molecular complexity index is 752. The average molecular weight is 350 g/mol. The van der Waals surface area contributed by atoms with E-state index in [0.29, 0.717) is 17.7 Å². The third-order valence-electron chi connectivity index (χ3n) is 4.94. The first-order chi connectivity index (χ1) is 12.6. The summed E-state index contributed by atoms with van der Waals surface area (Å²) in [6, 6.07) is 17.3. The minimum atomic E-state index is -0.0692. The molecule has 2 aromatic carbocycles. The summed E-state index contributed by atoms with van der Waals surface area (Å²) in [5.41, 5.74) is 2.32. The lowest BCUT2D eigenvalue weighted by Gasteiger charge is -2.27. The average Bonchev–Trinajstić information content (AvgIpc) is 2.69. The summed E-state index contributed by atoms with van der Waals surface area (Å²) < 4.78 is 0. The molecule has 0 aliphatic carbocycles. The molecule has 1 fully saturated rings. The molecule has 136 valence electrons. The molecule has 2 amide bonds. The molecular weight excluding hydrogens is 324 g/mol. The van der Waals surface area contributed by atoms with Crippen molar-refractivity contribution in [1.29, 1.82) is 0 Å². The standard InChI is InChI=1S/C22H26N2O2/c1-17(18-10-4-2-5-11-18)16-21(25)23-20-13-7-6-12-19(20)22(26)24-14-8-3-9-15-24/h2,4-7,10-13,17H,3,8-9,14-16H2,1H3,(H,23,25)/t17-/m0/s1. The van der Waals surface area contributed by atoms with E-state index in [1.807, 2.05) is 60.4 Å². The number of hydrogen-bond donors (Lipinski definition) is 1. The molecule has 4 nitrogen and oxygen atoms in total. The monoisotopic (exact) mass is 350 g/mol. The van der Waals surface area contributed by atoms with Gasteiger partial charge in [-0.3, -0.25) is 9.59 Å². The van der Waals surface area contributed by atoms with Crippen LogP contribution >= 0.6 is 0 Å². The SMILES string of the molecule is C[C@@H](CC(=O)Nc1ccccc1C(=O)N1CCCCC1)c1ccccc1. The van der Waals surface area contributed by atoms with E-state index in [9.17, 15) is 9.59 Å². The zero-order chi connectivity index (χ0) is 18.4. The van der Waals surface area contributed by atoms with E-state index in [1.54, 1.807) is 6.07 Å². The van der Waals surface area contributed by atoms with Crippen molar-refractivity contribution in [2.75, 3.05) is 18.4 Å². The Morgan fingerprint density at radius 2 is 1.62 bits per heavy atom. The third-order valence-corrected chi connectivity index (χ3v) is 4.94. The van der Waals surface area contributed by atoms with Crippen molar-refractivity contribution in [1.82, 2.24) is 4.90 Å². The Hall–Kier alpha value is -2.62. The van der Waals surface area contributed by atoms with Gasteiger partial charge in [0.15, 0.2) is 0 Å². The maximum atomic E-state index is 12.8. The van der Waals surface area contributed by atoms with Crippen LogP contribution in [0.4, 0.5) is 5.69 Å². The molecule has 1 saturated heterocycles. The molecule has 26 heavy (non-hydrogen) atoms. The van der Waals surface area contributed by atoms with Crippen molar-refractivity contribution < 1.29 is 9.59 Å². The van der Waals surface area contributed by atoms with E-state index >= 15 is 0 Å². The van der Waals surface area contributed by atoms with Gasteiger partial charge in [0, 0.05) is 19.5 Å². The van der Waals surface area contributed by atoms with Gasteiger partial charge in [-0.25, -0.2) is 0 Å². The van der Waals surface area contributed by atoms with Crippen LogP contribution in [-0.4, -0.2) is 29.8 Å². The van der Waals surface area contributed by atoms with Crippen molar-refractivity contribution in [3.05, 3.63) is 65.7 Å². The number of hydrogen-bond acceptors (Lipinski definition) is 2. The van der Waals surface area contributed by atoms with Crippen LogP contribution in [0.15, 0.2) is 54.6 Å². The van der Waals surface area contributed by atoms with Crippen LogP contribution in [0, 0.1) is 0 Å². The molecule has 0 aromatic heterocycles. The fraction of sp³-hybridized carbons (Fsp3) is 0.364. The number of rotatable bonds is 5. The van der Waals surface area contributed by atoms with Gasteiger partial charge in [-0.15, -0.1) is 0 Å². The summed E-state index contributed by atoms with van der Waals surface area (Å²) in [7, 11) is 0. The molecule has 4 heteroatoms. The normalized spacial score (nSPS) is 15.3. The summed E-state index contributed by atoms with van der Waals surface area (Å²) in [6.07, 6.45) is 3.67. The highest BCUT2D eigenvalue weighted by atomic mass is 16.2. The Kier molecular flexibility index (Phi) is 6.05. The first-order valence-electron chi connectivity index (χ1n) is 9.38. The zero-order valence-electron chi connectivity index (χ0n) is 15.3. The lowest BCUT2D eigenvalue weighted by molar-refractivity contribution is -0.116. The van der Waals surface area contributed by atoms with Crippen LogP contribution in [0.2, 0.25) is 0 Å². The number of para-hydroxylation sites is 1. The van der Waals surface area contributed by atoms with Crippen LogP contribution in [0.3, 0.4) is 0 Å². The van der Waals surface area contributed by atoms with Crippen molar-refractivity contribution >= 4 is 17.5 Å². The molecule has 1 aliphatic heterocycles. The second kappa shape index (κ2) is 8.65. The maximum absolute atomic E-state index is 12.8. The Labute approximate surface area is 155 Å². The molecule has 1 aliphatic rings. The second-order valence-electron chi connectivity index (χ2n) is 6.96. The highest BCUT2D eigenvalue weighted by Gasteiger charge is 2.21. The summed E-state index contributed by atoms with van der Waals surface area (Å²) in [5, 5.41) is 2.94. The fourth-order valence-corrected chi connectivity index (χ4v) is 3.42. The van der Waals surface area contributed by atoms with E-state index in [4.69, 9.17) is 0 Å². The van der Waals surface area contributed by atoms with E-state index in [0.717, 1.165) is 31.5 Å². The lowest BCUT2D eigenvalue weighted by Crippen LogP contribution is -2.36. The van der Waals surface area contributed by atoms with Crippen molar-refractivity contribution in [3.8, 4) is 0 Å². The van der Waals surface area contributed by atoms with Crippen LogP contribution in [0.5, 0.6) is 0 Å². The van der Waals surface area contributed by atoms with Gasteiger partial charge in [-0.1, -0.05) is 49.4 Å². The highest BCUT2D eigenvalue weighted by Crippen LogP contribution is 2.23. The first kappa shape index (κ1) is 18.2. The minimum absolute atomic E-state index is 0.0108. The highest BCUT2D eigenvalue weighted by molar-refractivity contribution is 6.03. The van der Waals surface area contributed by atoms with E-state index in [-0.39, 0.29) is 17.7 Å². The maximum Gasteiger partial charge on any atom is 0.255 e. The number of piperidine rings is 1. The van der Waals surface area contributed by atoms with Crippen molar-refractivity contribution in [2.45, 2.75) is 38.5 Å². The predicted molar refractivity (Wildman–Crippen MR) is 104 cm³/mol. The van der Waals surface area contributed by atoms with Gasteiger partial charge in [-0.05, 0) is 42.9 Å². The van der Waals surface area contributed by atoms with Crippen LogP contribution < -0.4 is 5.32 Å². The molecule has 1 N–H and O–H groups in total. The molecule has 0 bridgehead atoms. The van der Waals surface area contributed by atoms with E-state index in [1.165, 1.54) is 6.42 Å². The summed E-state index contributed by atoms with van der Waals surface area (Å²) in [5.74, 6) is 0.0677. The number of likely N-dealkylation sites (tertiary alicyclic amines) is 1. The predicted octanol–water partition coefficient (Wildman–Crippen LogP) is 4.45. The van der Waals surface area contributed by atoms with Gasteiger partial charge in [0.05, 0.1) is 11.3 Å². The van der Waals surface area contributed by atoms with Crippen LogP contribution in [0.1, 0.15) is 54.4 Å². The molecule has 3 rings (SSSR count).